The molecule has 2 N–H and O–H groups in total. The molecule has 4 rings (SSSR count). The lowest BCUT2D eigenvalue weighted by atomic mass is 9.91. The molecule has 0 spiro atoms. The van der Waals surface area contributed by atoms with Crippen molar-refractivity contribution >= 4 is 28.4 Å². The highest BCUT2D eigenvalue weighted by molar-refractivity contribution is 6.30. The summed E-state index contributed by atoms with van der Waals surface area (Å²) in [5.41, 5.74) is 3.16. The number of nitrogens with one attached hydrogen (secondary N) is 2. The molecule has 1 heterocycles. The predicted octanol–water partition coefficient (Wildman–Crippen LogP) is 4.01. The van der Waals surface area contributed by atoms with Crippen LogP contribution in [0.3, 0.4) is 0 Å². The van der Waals surface area contributed by atoms with Crippen molar-refractivity contribution in [3.05, 3.63) is 64.6 Å². The summed E-state index contributed by atoms with van der Waals surface area (Å²) in [4.78, 5) is 15.5. The lowest BCUT2D eigenvalue weighted by Gasteiger charge is -2.23. The fourth-order valence-electron chi connectivity index (χ4n) is 3.46. The van der Waals surface area contributed by atoms with Crippen LogP contribution < -0.4 is 10.1 Å². The summed E-state index contributed by atoms with van der Waals surface area (Å²) < 4.78 is 19.0. The molecule has 0 fully saturated rings. The van der Waals surface area contributed by atoms with Gasteiger partial charge in [0.15, 0.2) is 6.61 Å². The van der Waals surface area contributed by atoms with Crippen molar-refractivity contribution in [3.63, 3.8) is 0 Å². The highest BCUT2D eigenvalue weighted by atomic mass is 35.5. The van der Waals surface area contributed by atoms with E-state index < -0.39 is 0 Å². The summed E-state index contributed by atoms with van der Waals surface area (Å²) in [5.74, 6) is 0.184. The molecule has 1 aliphatic carbocycles. The first-order valence-corrected chi connectivity index (χ1v) is 8.93. The molecule has 1 aromatic heterocycles. The monoisotopic (exact) mass is 372 g/mol. The number of amides is 1. The maximum atomic E-state index is 13.6. The number of benzene rings is 2. The summed E-state index contributed by atoms with van der Waals surface area (Å²) in [6, 6.07) is 11.7. The molecule has 1 unspecified atom stereocenters. The molecule has 1 amide bonds. The maximum Gasteiger partial charge on any atom is 0.258 e. The predicted molar refractivity (Wildman–Crippen MR) is 99.2 cm³/mol. The molecule has 3 aromatic rings. The third-order valence-electron chi connectivity index (χ3n) is 4.70. The Morgan fingerprint density at radius 2 is 2.08 bits per heavy atom. The van der Waals surface area contributed by atoms with Gasteiger partial charge >= 0.3 is 0 Å². The first kappa shape index (κ1) is 16.9. The fraction of sp³-hybridized carbons (Fsp3) is 0.250. The number of rotatable bonds is 4. The third-order valence-corrected chi connectivity index (χ3v) is 4.95. The number of aromatic nitrogens is 1. The van der Waals surface area contributed by atoms with Crippen LogP contribution in [-0.2, 0) is 17.6 Å². The Labute approximate surface area is 155 Å². The molecular weight excluding hydrogens is 355 g/mol. The fourth-order valence-corrected chi connectivity index (χ4v) is 3.59. The van der Waals surface area contributed by atoms with E-state index in [9.17, 15) is 9.18 Å². The van der Waals surface area contributed by atoms with Gasteiger partial charge < -0.3 is 15.0 Å². The van der Waals surface area contributed by atoms with Crippen molar-refractivity contribution in [2.75, 3.05) is 6.61 Å². The van der Waals surface area contributed by atoms with E-state index in [1.165, 1.54) is 6.07 Å². The van der Waals surface area contributed by atoms with Crippen LogP contribution in [0, 0.1) is 5.82 Å². The number of ether oxygens (including phenoxy) is 1. The Morgan fingerprint density at radius 1 is 1.27 bits per heavy atom. The Balaban J connectivity index is 1.39. The van der Waals surface area contributed by atoms with E-state index in [-0.39, 0.29) is 24.4 Å². The number of aromatic amines is 1. The number of carbonyl (C=O) groups is 1. The van der Waals surface area contributed by atoms with E-state index in [2.05, 4.69) is 10.3 Å². The number of fused-ring (bicyclic) bond motifs is 3. The van der Waals surface area contributed by atoms with Gasteiger partial charge in [0.05, 0.1) is 0 Å². The van der Waals surface area contributed by atoms with Crippen LogP contribution in [0.1, 0.15) is 17.7 Å². The summed E-state index contributed by atoms with van der Waals surface area (Å²) in [7, 11) is 0. The van der Waals surface area contributed by atoms with Crippen molar-refractivity contribution in [1.29, 1.82) is 0 Å². The minimum atomic E-state index is -0.248. The van der Waals surface area contributed by atoms with Crippen LogP contribution in [0.25, 0.3) is 10.9 Å². The molecule has 0 saturated heterocycles. The van der Waals surface area contributed by atoms with Crippen molar-refractivity contribution in [3.8, 4) is 5.75 Å². The molecule has 26 heavy (non-hydrogen) atoms. The van der Waals surface area contributed by atoms with Gasteiger partial charge in [-0.1, -0.05) is 11.6 Å². The van der Waals surface area contributed by atoms with Gasteiger partial charge in [-0.3, -0.25) is 4.79 Å². The minimum absolute atomic E-state index is 0.0195. The molecule has 0 aliphatic heterocycles. The van der Waals surface area contributed by atoms with Crippen LogP contribution in [0.4, 0.5) is 4.39 Å². The van der Waals surface area contributed by atoms with Crippen molar-refractivity contribution in [2.45, 2.75) is 25.3 Å². The molecule has 0 saturated carbocycles. The molecule has 1 aliphatic rings. The second kappa shape index (κ2) is 7.00. The van der Waals surface area contributed by atoms with Gasteiger partial charge in [-0.2, -0.15) is 0 Å². The van der Waals surface area contributed by atoms with Crippen LogP contribution in [0.5, 0.6) is 5.75 Å². The molecule has 1 atom stereocenters. The lowest BCUT2D eigenvalue weighted by molar-refractivity contribution is -0.123. The summed E-state index contributed by atoms with van der Waals surface area (Å²) in [5, 5.41) is 4.53. The Hall–Kier alpha value is -2.53. The van der Waals surface area contributed by atoms with Crippen molar-refractivity contribution in [2.24, 2.45) is 0 Å². The van der Waals surface area contributed by atoms with E-state index in [1.54, 1.807) is 36.4 Å². The summed E-state index contributed by atoms with van der Waals surface area (Å²) in [6.45, 7) is -0.0481. The van der Waals surface area contributed by atoms with Gasteiger partial charge in [0.1, 0.15) is 11.6 Å². The number of H-pyrrole nitrogens is 1. The Morgan fingerprint density at radius 3 is 2.88 bits per heavy atom. The molecule has 4 nitrogen and oxygen atoms in total. The lowest BCUT2D eigenvalue weighted by Crippen LogP contribution is -2.41. The van der Waals surface area contributed by atoms with Crippen LogP contribution in [0.15, 0.2) is 42.5 Å². The van der Waals surface area contributed by atoms with Crippen LogP contribution >= 0.6 is 11.6 Å². The van der Waals surface area contributed by atoms with E-state index in [0.29, 0.717) is 17.2 Å². The largest absolute Gasteiger partial charge is 0.484 e. The number of carbonyl (C=O) groups excluding carboxylic acids is 1. The Kier molecular flexibility index (Phi) is 4.55. The normalized spacial score (nSPS) is 16.3. The van der Waals surface area contributed by atoms with Gasteiger partial charge in [-0.05, 0) is 67.3 Å². The summed E-state index contributed by atoms with van der Waals surface area (Å²) in [6.07, 6.45) is 2.36. The molecule has 0 radical (unpaired) electrons. The van der Waals surface area contributed by atoms with Gasteiger partial charge in [0.2, 0.25) is 0 Å². The van der Waals surface area contributed by atoms with E-state index >= 15 is 0 Å². The van der Waals surface area contributed by atoms with E-state index in [4.69, 9.17) is 16.3 Å². The van der Waals surface area contributed by atoms with E-state index in [0.717, 1.165) is 35.0 Å². The number of aryl methyl sites for hydroxylation is 1. The highest BCUT2D eigenvalue weighted by Gasteiger charge is 2.24. The number of hydrogen-bond donors (Lipinski definition) is 2. The molecular formula is C20H18ClFN2O2. The zero-order valence-corrected chi connectivity index (χ0v) is 14.8. The topological polar surface area (TPSA) is 54.1 Å². The molecule has 0 bridgehead atoms. The SMILES string of the molecule is O=C(COc1ccc(Cl)cc1)NC1CCc2[nH]c3ccc(F)cc3c2C1. The second-order valence-electron chi connectivity index (χ2n) is 6.52. The first-order valence-electron chi connectivity index (χ1n) is 8.55. The zero-order valence-electron chi connectivity index (χ0n) is 14.0. The van der Waals surface area contributed by atoms with Gasteiger partial charge in [-0.15, -0.1) is 0 Å². The maximum absolute atomic E-state index is 13.6. The standard InChI is InChI=1S/C20H18ClFN2O2/c21-12-1-5-15(6-2-12)26-11-20(25)23-14-4-8-19-17(10-14)16-9-13(22)3-7-18(16)24-19/h1-3,5-7,9,14,24H,4,8,10-11H2,(H,23,25). The van der Waals surface area contributed by atoms with E-state index in [1.807, 2.05) is 0 Å². The quantitative estimate of drug-likeness (QED) is 0.727. The van der Waals surface area contributed by atoms with Gasteiger partial charge in [0, 0.05) is 27.7 Å². The average molecular weight is 373 g/mol. The number of hydrogen-bond acceptors (Lipinski definition) is 2. The summed E-state index contributed by atoms with van der Waals surface area (Å²) >= 11 is 5.83. The molecule has 2 aromatic carbocycles. The highest BCUT2D eigenvalue weighted by Crippen LogP contribution is 2.29. The van der Waals surface area contributed by atoms with Crippen LogP contribution in [0.2, 0.25) is 5.02 Å². The second-order valence-corrected chi connectivity index (χ2v) is 6.96. The van der Waals surface area contributed by atoms with Crippen molar-refractivity contribution in [1.82, 2.24) is 10.3 Å². The number of halogens is 2. The zero-order chi connectivity index (χ0) is 18.1. The minimum Gasteiger partial charge on any atom is -0.484 e. The van der Waals surface area contributed by atoms with Gasteiger partial charge in [0.25, 0.3) is 5.91 Å². The molecule has 6 heteroatoms. The average Bonchev–Trinajstić information content (AvgIpc) is 2.98. The molecule has 134 valence electrons. The van der Waals surface area contributed by atoms with Crippen molar-refractivity contribution < 1.29 is 13.9 Å². The Bertz CT molecular complexity index is 952. The van der Waals surface area contributed by atoms with Gasteiger partial charge in [-0.25, -0.2) is 4.39 Å². The first-order chi connectivity index (χ1) is 12.6. The smallest absolute Gasteiger partial charge is 0.258 e. The van der Waals surface area contributed by atoms with Crippen LogP contribution in [-0.4, -0.2) is 23.5 Å². The third kappa shape index (κ3) is 3.53.